The average Bonchev–Trinajstić information content (AvgIpc) is 3.00. The predicted octanol–water partition coefficient (Wildman–Crippen LogP) is 2.73. The van der Waals surface area contributed by atoms with Crippen molar-refractivity contribution in [3.8, 4) is 6.07 Å². The van der Waals surface area contributed by atoms with Crippen molar-refractivity contribution in [3.05, 3.63) is 53.0 Å². The first-order chi connectivity index (χ1) is 11.2. The molecule has 0 radical (unpaired) electrons. The highest BCUT2D eigenvalue weighted by Gasteiger charge is 2.33. The molecule has 0 bridgehead atoms. The summed E-state index contributed by atoms with van der Waals surface area (Å²) in [5.74, 6) is 1.000. The molecule has 1 N–H and O–H groups in total. The summed E-state index contributed by atoms with van der Waals surface area (Å²) in [6, 6.07) is 9.15. The summed E-state index contributed by atoms with van der Waals surface area (Å²) < 4.78 is 0. The number of hydrogen-bond acceptors (Lipinski definition) is 6. The maximum Gasteiger partial charge on any atom is 0.349 e. The molecule has 23 heavy (non-hydrogen) atoms. The van der Waals surface area contributed by atoms with Gasteiger partial charge in [-0.1, -0.05) is 23.4 Å². The van der Waals surface area contributed by atoms with E-state index in [0.717, 1.165) is 11.3 Å². The molecular weight excluding hydrogens is 312 g/mol. The lowest BCUT2D eigenvalue weighted by molar-refractivity contribution is 0.162. The molecule has 0 aromatic heterocycles. The van der Waals surface area contributed by atoms with Crippen LogP contribution >= 0.6 is 11.8 Å². The molecule has 0 saturated carbocycles. The molecule has 0 saturated heterocycles. The molecule has 7 nitrogen and oxygen atoms in total. The number of amides is 2. The molecule has 2 heterocycles. The third-order valence-electron chi connectivity index (χ3n) is 3.36. The van der Waals surface area contributed by atoms with Gasteiger partial charge in [0.15, 0.2) is 5.82 Å². The highest BCUT2D eigenvalue weighted by Crippen LogP contribution is 2.25. The topological polar surface area (TPSA) is 84.1 Å². The Morgan fingerprint density at radius 2 is 2.17 bits per heavy atom. The van der Waals surface area contributed by atoms with E-state index in [-0.39, 0.29) is 6.03 Å². The first-order valence-corrected chi connectivity index (χ1v) is 8.28. The summed E-state index contributed by atoms with van der Waals surface area (Å²) in [5.41, 5.74) is 2.32. The summed E-state index contributed by atoms with van der Waals surface area (Å²) in [5, 5.41) is 21.4. The van der Waals surface area contributed by atoms with Crippen molar-refractivity contribution in [3.63, 3.8) is 0 Å². The first kappa shape index (κ1) is 15.1. The maximum absolute atomic E-state index is 12.2. The highest BCUT2D eigenvalue weighted by atomic mass is 32.2. The van der Waals surface area contributed by atoms with E-state index in [1.807, 2.05) is 30.5 Å². The number of nitrogens with zero attached hydrogens (tertiary/aromatic N) is 5. The van der Waals surface area contributed by atoms with Crippen LogP contribution < -0.4 is 5.32 Å². The molecule has 2 amide bonds. The second-order valence-corrected chi connectivity index (χ2v) is 5.69. The van der Waals surface area contributed by atoms with Gasteiger partial charge < -0.3 is 5.32 Å². The van der Waals surface area contributed by atoms with Gasteiger partial charge in [-0.15, -0.1) is 16.9 Å². The highest BCUT2D eigenvalue weighted by molar-refractivity contribution is 7.98. The zero-order valence-electron chi connectivity index (χ0n) is 12.4. The van der Waals surface area contributed by atoms with Crippen molar-refractivity contribution in [2.45, 2.75) is 0 Å². The van der Waals surface area contributed by atoms with Gasteiger partial charge in [0.1, 0.15) is 0 Å². The van der Waals surface area contributed by atoms with Crippen LogP contribution in [0.5, 0.6) is 0 Å². The van der Waals surface area contributed by atoms with Gasteiger partial charge in [0.2, 0.25) is 0 Å². The van der Waals surface area contributed by atoms with E-state index in [1.54, 1.807) is 17.0 Å². The minimum absolute atomic E-state index is 0.182. The summed E-state index contributed by atoms with van der Waals surface area (Å²) in [6.45, 7) is 0.380. The molecule has 0 fully saturated rings. The van der Waals surface area contributed by atoms with Crippen molar-refractivity contribution >= 4 is 23.9 Å². The second kappa shape index (κ2) is 6.54. The lowest BCUT2D eigenvalue weighted by Crippen LogP contribution is -2.41. The molecule has 8 heteroatoms. The van der Waals surface area contributed by atoms with Crippen LogP contribution in [0.15, 0.2) is 52.2 Å². The van der Waals surface area contributed by atoms with E-state index < -0.39 is 0 Å². The van der Waals surface area contributed by atoms with Crippen LogP contribution in [0.25, 0.3) is 6.08 Å². The number of hydrogen-bond donors (Lipinski definition) is 1. The number of carbonyl (C=O) groups excluding carboxylic acids is 1. The van der Waals surface area contributed by atoms with Crippen LogP contribution in [0.1, 0.15) is 11.1 Å². The van der Waals surface area contributed by atoms with E-state index in [4.69, 9.17) is 5.26 Å². The molecule has 1 aromatic rings. The fraction of sp³-hybridized carbons (Fsp3) is 0.200. The smallest absolute Gasteiger partial charge is 0.349 e. The molecule has 2 aliphatic rings. The summed E-state index contributed by atoms with van der Waals surface area (Å²) in [4.78, 5) is 13.8. The molecule has 116 valence electrons. The molecule has 1 aromatic carbocycles. The monoisotopic (exact) mass is 326 g/mol. The maximum atomic E-state index is 12.2. The third kappa shape index (κ3) is 3.05. The van der Waals surface area contributed by atoms with Gasteiger partial charge in [-0.2, -0.15) is 10.3 Å². The van der Waals surface area contributed by atoms with Gasteiger partial charge in [-0.05, 0) is 30.0 Å². The van der Waals surface area contributed by atoms with E-state index >= 15 is 0 Å². The largest absolute Gasteiger partial charge is 0.364 e. The molecule has 0 unspecified atom stereocenters. The average molecular weight is 326 g/mol. The van der Waals surface area contributed by atoms with Crippen LogP contribution in [0.3, 0.4) is 0 Å². The Bertz CT molecular complexity index is 746. The number of nitriles is 1. The van der Waals surface area contributed by atoms with Crippen molar-refractivity contribution in [1.82, 2.24) is 15.2 Å². The summed E-state index contributed by atoms with van der Waals surface area (Å²) >= 11 is 1.51. The summed E-state index contributed by atoms with van der Waals surface area (Å²) in [7, 11) is 0. The number of allylic oxidation sites excluding steroid dienone is 1. The number of nitrogens with one attached hydrogen (secondary N) is 1. The molecule has 2 aliphatic heterocycles. The van der Waals surface area contributed by atoms with Crippen LogP contribution in [0, 0.1) is 11.3 Å². The van der Waals surface area contributed by atoms with Crippen LogP contribution in [0.2, 0.25) is 0 Å². The van der Waals surface area contributed by atoms with E-state index in [0.29, 0.717) is 23.9 Å². The van der Waals surface area contributed by atoms with Crippen LogP contribution in [0.4, 0.5) is 4.79 Å². The fourth-order valence-corrected chi connectivity index (χ4v) is 2.60. The SMILES string of the molecule is CSCN1N=NC2=C(/C=C/c3ccc(C#N)cc3)NCN2C1=O. The Morgan fingerprint density at radius 3 is 2.87 bits per heavy atom. The zero-order valence-corrected chi connectivity index (χ0v) is 13.2. The van der Waals surface area contributed by atoms with Gasteiger partial charge in [0.05, 0.1) is 29.9 Å². The molecule has 0 spiro atoms. The van der Waals surface area contributed by atoms with E-state index in [9.17, 15) is 4.79 Å². The Morgan fingerprint density at radius 1 is 1.39 bits per heavy atom. The number of urea groups is 1. The van der Waals surface area contributed by atoms with Gasteiger partial charge in [0, 0.05) is 0 Å². The number of carbonyl (C=O) groups is 1. The Balaban J connectivity index is 1.80. The van der Waals surface area contributed by atoms with Crippen molar-refractivity contribution in [1.29, 1.82) is 5.26 Å². The Hall–Kier alpha value is -2.79. The minimum Gasteiger partial charge on any atom is -0.364 e. The number of thioether (sulfide) groups is 1. The quantitative estimate of drug-likeness (QED) is 0.922. The minimum atomic E-state index is -0.182. The molecular formula is C15H14N6OS. The lowest BCUT2D eigenvalue weighted by atomic mass is 10.1. The predicted molar refractivity (Wildman–Crippen MR) is 87.5 cm³/mol. The van der Waals surface area contributed by atoms with E-state index in [2.05, 4.69) is 21.7 Å². The number of rotatable bonds is 4. The third-order valence-corrected chi connectivity index (χ3v) is 3.86. The van der Waals surface area contributed by atoms with Crippen molar-refractivity contribution in [2.24, 2.45) is 10.3 Å². The van der Waals surface area contributed by atoms with Crippen molar-refractivity contribution in [2.75, 3.05) is 18.8 Å². The normalized spacial score (nSPS) is 16.8. The van der Waals surface area contributed by atoms with Crippen LogP contribution in [-0.2, 0) is 0 Å². The Kier molecular flexibility index (Phi) is 4.30. The second-order valence-electron chi connectivity index (χ2n) is 4.86. The summed E-state index contributed by atoms with van der Waals surface area (Å²) in [6.07, 6.45) is 5.66. The first-order valence-electron chi connectivity index (χ1n) is 6.89. The Labute approximate surface area is 137 Å². The fourth-order valence-electron chi connectivity index (χ4n) is 2.19. The standard InChI is InChI=1S/C15H14N6OS/c1-23-10-21-15(22)20-9-17-13(14(20)18-19-21)7-6-11-2-4-12(8-16)5-3-11/h2-7,17H,9-10H2,1H3/b7-6+. The molecule has 0 atom stereocenters. The van der Waals surface area contributed by atoms with E-state index in [1.165, 1.54) is 16.8 Å². The molecule has 0 aliphatic carbocycles. The zero-order chi connectivity index (χ0) is 16.2. The van der Waals surface area contributed by atoms with Crippen LogP contribution in [-0.4, -0.2) is 34.7 Å². The van der Waals surface area contributed by atoms with Crippen molar-refractivity contribution < 1.29 is 4.79 Å². The van der Waals surface area contributed by atoms with Gasteiger partial charge in [0.25, 0.3) is 0 Å². The lowest BCUT2D eigenvalue weighted by Gasteiger charge is -2.25. The number of fused-ring (bicyclic) bond motifs is 1. The number of benzene rings is 1. The van der Waals surface area contributed by atoms with Gasteiger partial charge >= 0.3 is 6.03 Å². The van der Waals surface area contributed by atoms with Gasteiger partial charge in [-0.25, -0.2) is 4.79 Å². The van der Waals surface area contributed by atoms with Gasteiger partial charge in [-0.3, -0.25) is 4.90 Å². The molecule has 3 rings (SSSR count).